The molecule has 170 valence electrons. The van der Waals surface area contributed by atoms with E-state index in [4.69, 9.17) is 4.74 Å². The first-order chi connectivity index (χ1) is 15.4. The van der Waals surface area contributed by atoms with Crippen molar-refractivity contribution in [1.82, 2.24) is 9.55 Å². The number of para-hydroxylation sites is 2. The fraction of sp³-hybridized carbons (Fsp3) is 0.364. The minimum Gasteiger partial charge on any atom is -0.378 e. The zero-order chi connectivity index (χ0) is 22.7. The summed E-state index contributed by atoms with van der Waals surface area (Å²) in [5, 5.41) is 2.72. The van der Waals surface area contributed by atoms with Crippen molar-refractivity contribution in [2.45, 2.75) is 18.5 Å². The van der Waals surface area contributed by atoms with Crippen LogP contribution in [0.4, 0.5) is 24.5 Å². The van der Waals surface area contributed by atoms with Crippen molar-refractivity contribution in [3.05, 3.63) is 53.9 Å². The van der Waals surface area contributed by atoms with Crippen LogP contribution >= 0.6 is 11.8 Å². The van der Waals surface area contributed by atoms with Crippen LogP contribution in [-0.4, -0.2) is 48.0 Å². The van der Waals surface area contributed by atoms with E-state index in [0.717, 1.165) is 29.0 Å². The molecule has 4 rings (SSSR count). The molecule has 3 aromatic rings. The smallest absolute Gasteiger partial charge is 0.378 e. The molecule has 1 aliphatic rings. The molecule has 0 unspecified atom stereocenters. The summed E-state index contributed by atoms with van der Waals surface area (Å²) < 4.78 is 47.2. The van der Waals surface area contributed by atoms with Crippen molar-refractivity contribution in [2.24, 2.45) is 0 Å². The Morgan fingerprint density at radius 1 is 1.19 bits per heavy atom. The number of amides is 1. The number of hydrogen-bond acceptors (Lipinski definition) is 5. The van der Waals surface area contributed by atoms with Crippen molar-refractivity contribution < 1.29 is 22.7 Å². The second kappa shape index (κ2) is 9.41. The number of nitrogens with one attached hydrogen (secondary N) is 1. The van der Waals surface area contributed by atoms with Gasteiger partial charge in [-0.3, -0.25) is 4.79 Å². The van der Waals surface area contributed by atoms with Gasteiger partial charge in [0.25, 0.3) is 0 Å². The van der Waals surface area contributed by atoms with Gasteiger partial charge in [-0.2, -0.15) is 24.9 Å². The largest absolute Gasteiger partial charge is 0.416 e. The number of hydrogen-bond donors (Lipinski definition) is 1. The molecular formula is C22H23F3N4O2S. The van der Waals surface area contributed by atoms with Gasteiger partial charge in [-0.25, -0.2) is 4.98 Å². The van der Waals surface area contributed by atoms with E-state index >= 15 is 0 Å². The van der Waals surface area contributed by atoms with Crippen molar-refractivity contribution in [3.63, 3.8) is 0 Å². The number of imidazole rings is 1. The van der Waals surface area contributed by atoms with Crippen molar-refractivity contribution >= 4 is 40.1 Å². The predicted octanol–water partition coefficient (Wildman–Crippen LogP) is 4.39. The summed E-state index contributed by atoms with van der Waals surface area (Å²) in [6.45, 7) is 1.99. The quantitative estimate of drug-likeness (QED) is 0.586. The number of fused-ring (bicyclic) bond motifs is 1. The second-order valence-electron chi connectivity index (χ2n) is 7.41. The molecule has 1 fully saturated rings. The van der Waals surface area contributed by atoms with Gasteiger partial charge in [-0.05, 0) is 36.6 Å². The van der Waals surface area contributed by atoms with Gasteiger partial charge in [0.15, 0.2) is 0 Å². The van der Waals surface area contributed by atoms with Crippen LogP contribution in [0.1, 0.15) is 11.4 Å². The van der Waals surface area contributed by atoms with Crippen LogP contribution in [0.5, 0.6) is 0 Å². The summed E-state index contributed by atoms with van der Waals surface area (Å²) in [5.41, 5.74) is 1.47. The van der Waals surface area contributed by atoms with Crippen LogP contribution in [-0.2, 0) is 28.0 Å². The third-order valence-electron chi connectivity index (χ3n) is 5.26. The zero-order valence-electron chi connectivity index (χ0n) is 17.5. The van der Waals surface area contributed by atoms with Crippen LogP contribution < -0.4 is 10.2 Å². The van der Waals surface area contributed by atoms with Gasteiger partial charge in [0.1, 0.15) is 12.4 Å². The van der Waals surface area contributed by atoms with Gasteiger partial charge in [0.2, 0.25) is 5.91 Å². The Kier molecular flexibility index (Phi) is 6.61. The topological polar surface area (TPSA) is 59.4 Å². The first-order valence-electron chi connectivity index (χ1n) is 10.1. The molecule has 10 heteroatoms. The lowest BCUT2D eigenvalue weighted by molar-refractivity contribution is -0.137. The average Bonchev–Trinajstić information content (AvgIpc) is 3.11. The monoisotopic (exact) mass is 464 g/mol. The Bertz CT molecular complexity index is 1110. The van der Waals surface area contributed by atoms with Crippen molar-refractivity contribution in [1.29, 1.82) is 0 Å². The van der Waals surface area contributed by atoms with Crippen LogP contribution in [0.3, 0.4) is 0 Å². The normalized spacial score (nSPS) is 14.7. The molecule has 0 radical (unpaired) electrons. The fourth-order valence-corrected chi connectivity index (χ4v) is 4.25. The van der Waals surface area contributed by atoms with E-state index in [9.17, 15) is 18.0 Å². The lowest BCUT2D eigenvalue weighted by Gasteiger charge is -2.31. The number of halogens is 3. The second-order valence-corrected chi connectivity index (χ2v) is 8.28. The van der Waals surface area contributed by atoms with E-state index in [0.29, 0.717) is 37.7 Å². The molecule has 0 aliphatic carbocycles. The molecule has 0 spiro atoms. The first-order valence-corrected chi connectivity index (χ1v) is 11.5. The number of thioether (sulfide) groups is 1. The summed E-state index contributed by atoms with van der Waals surface area (Å²) >= 11 is 1.58. The third-order valence-corrected chi connectivity index (χ3v) is 5.81. The van der Waals surface area contributed by atoms with E-state index in [2.05, 4.69) is 10.3 Å². The lowest BCUT2D eigenvalue weighted by Crippen LogP contribution is -2.37. The molecule has 1 aromatic heterocycles. The summed E-state index contributed by atoms with van der Waals surface area (Å²) in [7, 11) is 0. The highest BCUT2D eigenvalue weighted by Crippen LogP contribution is 2.36. The van der Waals surface area contributed by atoms with Crippen LogP contribution in [0.15, 0.2) is 42.5 Å². The van der Waals surface area contributed by atoms with E-state index in [1.54, 1.807) is 11.8 Å². The number of nitrogens with zero attached hydrogens (tertiary/aromatic N) is 3. The number of rotatable bonds is 6. The van der Waals surface area contributed by atoms with E-state index in [1.807, 2.05) is 40.0 Å². The Hall–Kier alpha value is -2.72. The summed E-state index contributed by atoms with van der Waals surface area (Å²) in [6, 6.07) is 10.9. The SMILES string of the molecule is CSCc1nc2ccccc2n1CC(=O)Nc1cc(C(F)(F)F)ccc1N1CCOCC1. The van der Waals surface area contributed by atoms with Gasteiger partial charge in [-0.15, -0.1) is 0 Å². The first kappa shape index (κ1) is 22.5. The van der Waals surface area contributed by atoms with Gasteiger partial charge in [0.05, 0.1) is 46.9 Å². The average molecular weight is 465 g/mol. The molecule has 1 aliphatic heterocycles. The van der Waals surface area contributed by atoms with Gasteiger partial charge >= 0.3 is 6.18 Å². The number of ether oxygens (including phenoxy) is 1. The van der Waals surface area contributed by atoms with Crippen molar-refractivity contribution in [2.75, 3.05) is 42.8 Å². The number of benzene rings is 2. The van der Waals surface area contributed by atoms with Gasteiger partial charge in [-0.1, -0.05) is 12.1 Å². The molecule has 1 N–H and O–H groups in total. The van der Waals surface area contributed by atoms with Crippen LogP contribution in [0.2, 0.25) is 0 Å². The fourth-order valence-electron chi connectivity index (χ4n) is 3.77. The third kappa shape index (κ3) is 4.86. The van der Waals surface area contributed by atoms with Crippen molar-refractivity contribution in [3.8, 4) is 0 Å². The van der Waals surface area contributed by atoms with Crippen LogP contribution in [0, 0.1) is 0 Å². The summed E-state index contributed by atoms with van der Waals surface area (Å²) in [6.07, 6.45) is -2.56. The highest BCUT2D eigenvalue weighted by molar-refractivity contribution is 7.97. The molecule has 0 saturated carbocycles. The van der Waals surface area contributed by atoms with E-state index in [1.165, 1.54) is 6.07 Å². The molecule has 2 aromatic carbocycles. The number of anilines is 2. The minimum atomic E-state index is -4.50. The van der Waals surface area contributed by atoms with Crippen LogP contribution in [0.25, 0.3) is 11.0 Å². The summed E-state index contributed by atoms with van der Waals surface area (Å²) in [5.74, 6) is 0.945. The highest BCUT2D eigenvalue weighted by Gasteiger charge is 2.32. The maximum atomic E-state index is 13.3. The molecule has 1 saturated heterocycles. The molecule has 0 bridgehead atoms. The highest BCUT2D eigenvalue weighted by atomic mass is 32.2. The molecule has 0 atom stereocenters. The zero-order valence-corrected chi connectivity index (χ0v) is 18.3. The number of alkyl halides is 3. The lowest BCUT2D eigenvalue weighted by atomic mass is 10.1. The Labute approximate surface area is 187 Å². The van der Waals surface area contributed by atoms with Gasteiger partial charge < -0.3 is 19.5 Å². The number of carbonyl (C=O) groups excluding carboxylic acids is 1. The molecule has 1 amide bonds. The molecule has 2 heterocycles. The van der Waals surface area contributed by atoms with Gasteiger partial charge in [0, 0.05) is 13.1 Å². The Balaban J connectivity index is 1.64. The standard InChI is InChI=1S/C22H23F3N4O2S/c1-32-14-20-26-16-4-2-3-5-19(16)29(20)13-21(30)27-17-12-15(22(23,24)25)6-7-18(17)28-8-10-31-11-9-28/h2-7,12H,8-11,13-14H2,1H3,(H,27,30). The number of morpholine rings is 1. The molecule has 32 heavy (non-hydrogen) atoms. The maximum absolute atomic E-state index is 13.3. The maximum Gasteiger partial charge on any atom is 0.416 e. The van der Waals surface area contributed by atoms with E-state index < -0.39 is 17.6 Å². The minimum absolute atomic E-state index is 0.0464. The number of carbonyl (C=O) groups is 1. The molecule has 6 nitrogen and oxygen atoms in total. The Morgan fingerprint density at radius 3 is 2.66 bits per heavy atom. The van der Waals surface area contributed by atoms with E-state index in [-0.39, 0.29) is 12.2 Å². The predicted molar refractivity (Wildman–Crippen MR) is 120 cm³/mol. The summed E-state index contributed by atoms with van der Waals surface area (Å²) in [4.78, 5) is 19.5. The Morgan fingerprint density at radius 2 is 1.94 bits per heavy atom. The molecular weight excluding hydrogens is 441 g/mol. The number of aromatic nitrogens is 2.